The molecule has 6 heteroatoms. The van der Waals surface area contributed by atoms with Crippen LogP contribution in [0.4, 0.5) is 0 Å². The molecule has 1 saturated heterocycles. The van der Waals surface area contributed by atoms with Crippen molar-refractivity contribution in [2.45, 2.75) is 31.3 Å². The standard InChI is InChI=1S/C12H19ClN2O2S/c1-2-11(12-14-9(5-13)8-18-12)15-3-4-17-7-10(15)6-16/h8,10-11,16H,2-7H2,1H3. The second-order valence-electron chi connectivity index (χ2n) is 4.38. The summed E-state index contributed by atoms with van der Waals surface area (Å²) in [6.45, 7) is 4.45. The molecule has 2 rings (SSSR count). The first-order valence-corrected chi connectivity index (χ1v) is 7.66. The maximum absolute atomic E-state index is 9.44. The molecule has 1 fully saturated rings. The Morgan fingerprint density at radius 3 is 3.17 bits per heavy atom. The predicted octanol–water partition coefficient (Wildman–Crippen LogP) is 2.03. The maximum atomic E-state index is 9.44. The van der Waals surface area contributed by atoms with Crippen molar-refractivity contribution < 1.29 is 9.84 Å². The van der Waals surface area contributed by atoms with E-state index in [1.165, 1.54) is 0 Å². The summed E-state index contributed by atoms with van der Waals surface area (Å²) in [5.41, 5.74) is 0.934. The maximum Gasteiger partial charge on any atom is 0.110 e. The molecule has 2 atom stereocenters. The van der Waals surface area contributed by atoms with E-state index >= 15 is 0 Å². The zero-order valence-electron chi connectivity index (χ0n) is 10.5. The molecule has 0 aromatic carbocycles. The van der Waals surface area contributed by atoms with E-state index in [0.717, 1.165) is 30.3 Å². The van der Waals surface area contributed by atoms with Crippen LogP contribution in [0.2, 0.25) is 0 Å². The van der Waals surface area contributed by atoms with Gasteiger partial charge in [-0.2, -0.15) is 0 Å². The molecule has 2 unspecified atom stereocenters. The number of ether oxygens (including phenoxy) is 1. The Bertz CT molecular complexity index is 375. The highest BCUT2D eigenvalue weighted by atomic mass is 35.5. The monoisotopic (exact) mass is 290 g/mol. The van der Waals surface area contributed by atoms with E-state index in [0.29, 0.717) is 12.5 Å². The Kier molecular flexibility index (Phi) is 5.38. The molecule has 0 aliphatic carbocycles. The Morgan fingerprint density at radius 1 is 1.72 bits per heavy atom. The van der Waals surface area contributed by atoms with E-state index in [1.54, 1.807) is 11.3 Å². The first-order chi connectivity index (χ1) is 8.80. The molecule has 4 nitrogen and oxygen atoms in total. The zero-order chi connectivity index (χ0) is 13.0. The molecule has 2 heterocycles. The Hall–Kier alpha value is -0.200. The normalized spacial score (nSPS) is 23.2. The van der Waals surface area contributed by atoms with E-state index in [2.05, 4.69) is 16.8 Å². The molecule has 0 spiro atoms. The number of hydrogen-bond acceptors (Lipinski definition) is 5. The Morgan fingerprint density at radius 2 is 2.56 bits per heavy atom. The molecule has 0 amide bonds. The van der Waals surface area contributed by atoms with Crippen molar-refractivity contribution >= 4 is 22.9 Å². The van der Waals surface area contributed by atoms with Crippen LogP contribution in [0.5, 0.6) is 0 Å². The molecule has 1 aliphatic rings. The summed E-state index contributed by atoms with van der Waals surface area (Å²) in [6, 6.07) is 0.333. The van der Waals surface area contributed by atoms with Gasteiger partial charge in [-0.3, -0.25) is 4.90 Å². The molecule has 1 aliphatic heterocycles. The van der Waals surface area contributed by atoms with Gasteiger partial charge in [-0.25, -0.2) is 4.98 Å². The third-order valence-electron chi connectivity index (χ3n) is 3.26. The van der Waals surface area contributed by atoms with Crippen molar-refractivity contribution in [1.29, 1.82) is 0 Å². The summed E-state index contributed by atoms with van der Waals surface area (Å²) < 4.78 is 5.42. The number of nitrogens with zero attached hydrogens (tertiary/aromatic N) is 2. The average molecular weight is 291 g/mol. The number of aliphatic hydroxyl groups excluding tert-OH is 1. The third kappa shape index (κ3) is 3.03. The lowest BCUT2D eigenvalue weighted by Gasteiger charge is -2.39. The number of halogens is 1. The number of alkyl halides is 1. The lowest BCUT2D eigenvalue weighted by Crippen LogP contribution is -2.49. The van der Waals surface area contributed by atoms with Crippen LogP contribution in [0.25, 0.3) is 0 Å². The van der Waals surface area contributed by atoms with Crippen LogP contribution in [-0.4, -0.2) is 47.4 Å². The number of aliphatic hydroxyl groups is 1. The summed E-state index contributed by atoms with van der Waals surface area (Å²) in [4.78, 5) is 6.87. The van der Waals surface area contributed by atoms with Gasteiger partial charge in [-0.1, -0.05) is 6.92 Å². The van der Waals surface area contributed by atoms with Crippen LogP contribution in [0, 0.1) is 0 Å². The number of thiazole rings is 1. The quantitative estimate of drug-likeness (QED) is 0.843. The average Bonchev–Trinajstić information content (AvgIpc) is 2.89. The molecule has 0 saturated carbocycles. The van der Waals surface area contributed by atoms with Crippen LogP contribution in [0.1, 0.15) is 30.1 Å². The first-order valence-electron chi connectivity index (χ1n) is 6.24. The fourth-order valence-electron chi connectivity index (χ4n) is 2.32. The molecule has 0 radical (unpaired) electrons. The van der Waals surface area contributed by atoms with Gasteiger partial charge < -0.3 is 9.84 Å². The van der Waals surface area contributed by atoms with Crippen molar-refractivity contribution in [1.82, 2.24) is 9.88 Å². The van der Waals surface area contributed by atoms with E-state index in [-0.39, 0.29) is 18.7 Å². The molecule has 1 aromatic heterocycles. The van der Waals surface area contributed by atoms with E-state index in [9.17, 15) is 5.11 Å². The second kappa shape index (κ2) is 6.82. The summed E-state index contributed by atoms with van der Waals surface area (Å²) >= 11 is 7.45. The number of hydrogen-bond donors (Lipinski definition) is 1. The van der Waals surface area contributed by atoms with Crippen molar-refractivity contribution in [2.75, 3.05) is 26.4 Å². The van der Waals surface area contributed by atoms with E-state index in [4.69, 9.17) is 16.3 Å². The van der Waals surface area contributed by atoms with Gasteiger partial charge in [0.2, 0.25) is 0 Å². The number of rotatable bonds is 5. The molecular formula is C12H19ClN2O2S. The smallest absolute Gasteiger partial charge is 0.110 e. The van der Waals surface area contributed by atoms with Crippen molar-refractivity contribution in [3.05, 3.63) is 16.1 Å². The zero-order valence-corrected chi connectivity index (χ0v) is 12.1. The van der Waals surface area contributed by atoms with Crippen LogP contribution >= 0.6 is 22.9 Å². The Balaban J connectivity index is 2.15. The summed E-state index contributed by atoms with van der Waals surface area (Å²) in [5.74, 6) is 0.458. The van der Waals surface area contributed by atoms with Gasteiger partial charge in [0.15, 0.2) is 0 Å². The first kappa shape index (κ1) is 14.2. The lowest BCUT2D eigenvalue weighted by atomic mass is 10.1. The van der Waals surface area contributed by atoms with Crippen molar-refractivity contribution in [2.24, 2.45) is 0 Å². The fourth-order valence-corrected chi connectivity index (χ4v) is 3.57. The van der Waals surface area contributed by atoms with Gasteiger partial charge in [0.1, 0.15) is 5.01 Å². The van der Waals surface area contributed by atoms with Gasteiger partial charge in [-0.15, -0.1) is 22.9 Å². The highest BCUT2D eigenvalue weighted by Crippen LogP contribution is 2.30. The summed E-state index contributed by atoms with van der Waals surface area (Å²) in [6.07, 6.45) is 0.978. The topological polar surface area (TPSA) is 45.6 Å². The van der Waals surface area contributed by atoms with E-state index < -0.39 is 0 Å². The van der Waals surface area contributed by atoms with Crippen LogP contribution < -0.4 is 0 Å². The van der Waals surface area contributed by atoms with Gasteiger partial charge in [0, 0.05) is 11.9 Å². The molecule has 1 aromatic rings. The largest absolute Gasteiger partial charge is 0.395 e. The minimum absolute atomic E-state index is 0.0760. The van der Waals surface area contributed by atoms with Gasteiger partial charge in [0.05, 0.1) is 43.5 Å². The number of aromatic nitrogens is 1. The van der Waals surface area contributed by atoms with Crippen LogP contribution in [0.15, 0.2) is 5.38 Å². The van der Waals surface area contributed by atoms with Crippen molar-refractivity contribution in [3.63, 3.8) is 0 Å². The highest BCUT2D eigenvalue weighted by molar-refractivity contribution is 7.09. The second-order valence-corrected chi connectivity index (χ2v) is 5.54. The van der Waals surface area contributed by atoms with Crippen molar-refractivity contribution in [3.8, 4) is 0 Å². The predicted molar refractivity (Wildman–Crippen MR) is 73.1 cm³/mol. The molecular weight excluding hydrogens is 272 g/mol. The molecule has 0 bridgehead atoms. The lowest BCUT2D eigenvalue weighted by molar-refractivity contribution is -0.0487. The third-order valence-corrected chi connectivity index (χ3v) is 4.53. The molecule has 1 N–H and O–H groups in total. The SMILES string of the molecule is CCC(c1nc(CCl)cs1)N1CCOCC1CO. The number of morpholine rings is 1. The summed E-state index contributed by atoms with van der Waals surface area (Å²) in [5, 5.41) is 12.5. The van der Waals surface area contributed by atoms with Gasteiger partial charge in [0.25, 0.3) is 0 Å². The van der Waals surface area contributed by atoms with Crippen LogP contribution in [0.3, 0.4) is 0 Å². The molecule has 102 valence electrons. The molecule has 18 heavy (non-hydrogen) atoms. The van der Waals surface area contributed by atoms with E-state index in [1.807, 2.05) is 5.38 Å². The minimum Gasteiger partial charge on any atom is -0.395 e. The van der Waals surface area contributed by atoms with Gasteiger partial charge in [-0.05, 0) is 6.42 Å². The Labute approximate surface area is 117 Å². The minimum atomic E-state index is 0.0760. The van der Waals surface area contributed by atoms with Gasteiger partial charge >= 0.3 is 0 Å². The summed E-state index contributed by atoms with van der Waals surface area (Å²) in [7, 11) is 0. The highest BCUT2D eigenvalue weighted by Gasteiger charge is 2.30. The fraction of sp³-hybridized carbons (Fsp3) is 0.750. The van der Waals surface area contributed by atoms with Crippen LogP contribution in [-0.2, 0) is 10.6 Å².